The molecular weight excluding hydrogens is 342 g/mol. The summed E-state index contributed by atoms with van der Waals surface area (Å²) in [5.74, 6) is 1.79. The fourth-order valence-corrected chi connectivity index (χ4v) is 2.98. The maximum atomic E-state index is 11.8. The summed E-state index contributed by atoms with van der Waals surface area (Å²) in [7, 11) is 0. The van der Waals surface area contributed by atoms with Gasteiger partial charge in [-0.25, -0.2) is 4.79 Å². The Hall–Kier alpha value is -3.28. The molecule has 0 spiro atoms. The van der Waals surface area contributed by atoms with Gasteiger partial charge in [-0.1, -0.05) is 36.4 Å². The number of hydrogen-bond donors (Lipinski definition) is 2. The van der Waals surface area contributed by atoms with Gasteiger partial charge in [0.15, 0.2) is 11.6 Å². The molecule has 0 atom stereocenters. The van der Waals surface area contributed by atoms with Crippen molar-refractivity contribution in [3.8, 4) is 17.2 Å². The highest BCUT2D eigenvalue weighted by Crippen LogP contribution is 2.33. The quantitative estimate of drug-likeness (QED) is 0.714. The normalized spacial score (nSPS) is 10.7. The third-order valence-corrected chi connectivity index (χ3v) is 4.37. The van der Waals surface area contributed by atoms with E-state index in [2.05, 4.69) is 9.97 Å². The van der Waals surface area contributed by atoms with Gasteiger partial charge in [-0.15, -0.1) is 0 Å². The number of anilines is 1. The Bertz CT molecular complexity index is 1000. The molecule has 6 nitrogen and oxygen atoms in total. The van der Waals surface area contributed by atoms with Crippen molar-refractivity contribution in [3.63, 3.8) is 0 Å². The second-order valence-corrected chi connectivity index (χ2v) is 6.57. The minimum absolute atomic E-state index is 0.0292. The molecule has 0 saturated heterocycles. The number of hydrogen-bond acceptors (Lipinski definition) is 5. The molecule has 0 aliphatic heterocycles. The Morgan fingerprint density at radius 1 is 0.889 bits per heavy atom. The molecule has 0 aliphatic rings. The number of rotatable bonds is 5. The highest BCUT2D eigenvalue weighted by molar-refractivity contribution is 5.53. The molecular formula is C21H23N3O3. The summed E-state index contributed by atoms with van der Waals surface area (Å²) in [5.41, 5.74) is 9.83. The van der Waals surface area contributed by atoms with E-state index < -0.39 is 5.69 Å². The van der Waals surface area contributed by atoms with Gasteiger partial charge in [-0.3, -0.25) is 0 Å². The van der Waals surface area contributed by atoms with Crippen LogP contribution in [-0.4, -0.2) is 9.97 Å². The standard InChI is InChI=1S/C21H23N3O3/c1-12-7-5-8-13(2)17(12)26-11-16-19(20(22)24-21(25)23-16)27-18-14(3)9-6-10-15(18)4/h5-10H,11H2,1-4H3,(H3,22,23,24,25). The van der Waals surface area contributed by atoms with Crippen molar-refractivity contribution in [3.05, 3.63) is 74.8 Å². The Labute approximate surface area is 158 Å². The second kappa shape index (κ2) is 7.53. The first-order chi connectivity index (χ1) is 12.9. The van der Waals surface area contributed by atoms with Crippen molar-refractivity contribution in [1.82, 2.24) is 9.97 Å². The highest BCUT2D eigenvalue weighted by atomic mass is 16.5. The molecule has 2 aromatic carbocycles. The summed E-state index contributed by atoms with van der Waals surface area (Å²) in [6.07, 6.45) is 0. The van der Waals surface area contributed by atoms with Crippen LogP contribution in [0.15, 0.2) is 41.2 Å². The molecule has 0 bridgehead atoms. The first-order valence-corrected chi connectivity index (χ1v) is 8.68. The van der Waals surface area contributed by atoms with Crippen molar-refractivity contribution in [2.24, 2.45) is 0 Å². The number of nitrogens with zero attached hydrogens (tertiary/aromatic N) is 1. The van der Waals surface area contributed by atoms with Gasteiger partial charge in [0.25, 0.3) is 0 Å². The van der Waals surface area contributed by atoms with E-state index in [9.17, 15) is 4.79 Å². The summed E-state index contributed by atoms with van der Waals surface area (Å²) in [5, 5.41) is 0. The van der Waals surface area contributed by atoms with Crippen LogP contribution in [0.4, 0.5) is 5.82 Å². The zero-order chi connectivity index (χ0) is 19.6. The zero-order valence-corrected chi connectivity index (χ0v) is 15.9. The molecule has 0 saturated carbocycles. The molecule has 0 aliphatic carbocycles. The molecule has 3 aromatic rings. The van der Waals surface area contributed by atoms with Gasteiger partial charge >= 0.3 is 5.69 Å². The lowest BCUT2D eigenvalue weighted by Crippen LogP contribution is -2.18. The number of aryl methyl sites for hydroxylation is 4. The molecule has 27 heavy (non-hydrogen) atoms. The summed E-state index contributed by atoms with van der Waals surface area (Å²) >= 11 is 0. The predicted molar refractivity (Wildman–Crippen MR) is 106 cm³/mol. The van der Waals surface area contributed by atoms with Crippen molar-refractivity contribution < 1.29 is 9.47 Å². The molecule has 3 N–H and O–H groups in total. The van der Waals surface area contributed by atoms with E-state index in [-0.39, 0.29) is 12.4 Å². The molecule has 140 valence electrons. The van der Waals surface area contributed by atoms with Crippen LogP contribution in [0.2, 0.25) is 0 Å². The number of ether oxygens (including phenoxy) is 2. The van der Waals surface area contributed by atoms with Crippen LogP contribution in [0.1, 0.15) is 27.9 Å². The Balaban J connectivity index is 1.97. The number of nitrogens with one attached hydrogen (secondary N) is 1. The van der Waals surface area contributed by atoms with Crippen LogP contribution in [0.25, 0.3) is 0 Å². The van der Waals surface area contributed by atoms with Gasteiger partial charge in [-0.05, 0) is 49.9 Å². The molecule has 6 heteroatoms. The van der Waals surface area contributed by atoms with Gasteiger partial charge in [-0.2, -0.15) is 4.98 Å². The maximum Gasteiger partial charge on any atom is 0.347 e. The van der Waals surface area contributed by atoms with E-state index in [0.717, 1.165) is 28.0 Å². The van der Waals surface area contributed by atoms with E-state index in [1.54, 1.807) is 0 Å². The average molecular weight is 365 g/mol. The fourth-order valence-electron chi connectivity index (χ4n) is 2.98. The third kappa shape index (κ3) is 3.95. The van der Waals surface area contributed by atoms with Gasteiger partial charge in [0.2, 0.25) is 0 Å². The molecule has 1 aromatic heterocycles. The summed E-state index contributed by atoms with van der Waals surface area (Å²) in [6, 6.07) is 11.8. The molecule has 0 fully saturated rings. The first kappa shape index (κ1) is 18.5. The molecule has 0 radical (unpaired) electrons. The van der Waals surface area contributed by atoms with Crippen molar-refractivity contribution in [1.29, 1.82) is 0 Å². The van der Waals surface area contributed by atoms with Crippen LogP contribution in [0, 0.1) is 27.7 Å². The minimum Gasteiger partial charge on any atom is -0.487 e. The monoisotopic (exact) mass is 365 g/mol. The summed E-state index contributed by atoms with van der Waals surface area (Å²) in [4.78, 5) is 18.3. The third-order valence-electron chi connectivity index (χ3n) is 4.37. The number of nitrogens with two attached hydrogens (primary N) is 1. The van der Waals surface area contributed by atoms with Crippen molar-refractivity contribution in [2.75, 3.05) is 5.73 Å². The second-order valence-electron chi connectivity index (χ2n) is 6.57. The lowest BCUT2D eigenvalue weighted by Gasteiger charge is -2.17. The lowest BCUT2D eigenvalue weighted by molar-refractivity contribution is 0.290. The number of nitrogen functional groups attached to an aromatic ring is 1. The van der Waals surface area contributed by atoms with E-state index in [4.69, 9.17) is 15.2 Å². The highest BCUT2D eigenvalue weighted by Gasteiger charge is 2.16. The fraction of sp³-hybridized carbons (Fsp3) is 0.238. The molecule has 1 heterocycles. The first-order valence-electron chi connectivity index (χ1n) is 8.68. The predicted octanol–water partition coefficient (Wildman–Crippen LogP) is 3.96. The number of benzene rings is 2. The number of aromatic amines is 1. The Kier molecular flexibility index (Phi) is 5.16. The largest absolute Gasteiger partial charge is 0.487 e. The Morgan fingerprint density at radius 3 is 1.96 bits per heavy atom. The maximum absolute atomic E-state index is 11.8. The van der Waals surface area contributed by atoms with Crippen LogP contribution < -0.4 is 20.9 Å². The number of para-hydroxylation sites is 2. The lowest BCUT2D eigenvalue weighted by atomic mass is 10.1. The van der Waals surface area contributed by atoms with E-state index in [1.807, 2.05) is 64.1 Å². The van der Waals surface area contributed by atoms with E-state index in [0.29, 0.717) is 17.2 Å². The smallest absolute Gasteiger partial charge is 0.347 e. The molecule has 0 unspecified atom stereocenters. The number of H-pyrrole nitrogens is 1. The minimum atomic E-state index is -0.540. The molecule has 3 rings (SSSR count). The van der Waals surface area contributed by atoms with Crippen LogP contribution in [0.5, 0.6) is 17.2 Å². The van der Waals surface area contributed by atoms with Gasteiger partial charge < -0.3 is 20.2 Å². The van der Waals surface area contributed by atoms with Crippen molar-refractivity contribution >= 4 is 5.82 Å². The summed E-state index contributed by atoms with van der Waals surface area (Å²) in [6.45, 7) is 7.95. The topological polar surface area (TPSA) is 90.2 Å². The average Bonchev–Trinajstić information content (AvgIpc) is 2.59. The van der Waals surface area contributed by atoms with E-state index >= 15 is 0 Å². The van der Waals surface area contributed by atoms with Crippen LogP contribution >= 0.6 is 0 Å². The van der Waals surface area contributed by atoms with Gasteiger partial charge in [0.1, 0.15) is 23.8 Å². The zero-order valence-electron chi connectivity index (χ0n) is 15.9. The van der Waals surface area contributed by atoms with E-state index in [1.165, 1.54) is 0 Å². The van der Waals surface area contributed by atoms with Crippen LogP contribution in [-0.2, 0) is 6.61 Å². The van der Waals surface area contributed by atoms with Crippen LogP contribution in [0.3, 0.4) is 0 Å². The number of aromatic nitrogens is 2. The van der Waals surface area contributed by atoms with Gasteiger partial charge in [0, 0.05) is 0 Å². The van der Waals surface area contributed by atoms with Crippen molar-refractivity contribution in [2.45, 2.75) is 34.3 Å². The summed E-state index contributed by atoms with van der Waals surface area (Å²) < 4.78 is 12.0. The molecule has 0 amide bonds. The van der Waals surface area contributed by atoms with Gasteiger partial charge in [0.05, 0.1) is 0 Å². The SMILES string of the molecule is Cc1cccc(C)c1OCc1[nH]c(=O)nc(N)c1Oc1c(C)cccc1C. The Morgan fingerprint density at radius 2 is 1.41 bits per heavy atom.